The Morgan fingerprint density at radius 3 is 2.35 bits per heavy atom. The molecule has 0 aromatic heterocycles. The van der Waals surface area contributed by atoms with Crippen LogP contribution in [0.4, 0.5) is 5.69 Å². The minimum atomic E-state index is -0.297. The average molecular weight is 435 g/mol. The molecular weight excluding hydrogens is 408 g/mol. The van der Waals surface area contributed by atoms with Gasteiger partial charge >= 0.3 is 0 Å². The highest BCUT2D eigenvalue weighted by molar-refractivity contribution is 7.80. The van der Waals surface area contributed by atoms with Gasteiger partial charge in [0.15, 0.2) is 5.11 Å². The van der Waals surface area contributed by atoms with Crippen LogP contribution in [-0.4, -0.2) is 24.2 Å². The number of anilines is 1. The Morgan fingerprint density at radius 2 is 1.61 bits per heavy atom. The Balaban J connectivity index is 1.49. The van der Waals surface area contributed by atoms with Crippen LogP contribution in [0.2, 0.25) is 0 Å². The first-order valence-electron chi connectivity index (χ1n) is 10.3. The first-order chi connectivity index (χ1) is 15.1. The third-order valence-electron chi connectivity index (χ3n) is 4.41. The van der Waals surface area contributed by atoms with Crippen LogP contribution in [0, 0.1) is 0 Å². The molecule has 6 heteroatoms. The molecule has 5 nitrogen and oxygen atoms in total. The van der Waals surface area contributed by atoms with Crippen molar-refractivity contribution in [2.24, 2.45) is 0 Å². The monoisotopic (exact) mass is 434 g/mol. The smallest absolute Gasteiger partial charge is 0.257 e. The molecule has 0 heterocycles. The summed E-state index contributed by atoms with van der Waals surface area (Å²) in [6, 6.07) is 24.6. The predicted octanol–water partition coefficient (Wildman–Crippen LogP) is 5.22. The van der Waals surface area contributed by atoms with Crippen molar-refractivity contribution in [3.8, 4) is 11.5 Å². The van der Waals surface area contributed by atoms with Gasteiger partial charge in [0.05, 0.1) is 13.2 Å². The lowest BCUT2D eigenvalue weighted by Gasteiger charge is -2.11. The normalized spacial score (nSPS) is 10.2. The van der Waals surface area contributed by atoms with Crippen molar-refractivity contribution >= 4 is 28.9 Å². The minimum Gasteiger partial charge on any atom is -0.494 e. The number of hydrogen-bond donors (Lipinski definition) is 2. The van der Waals surface area contributed by atoms with Crippen molar-refractivity contribution in [3.63, 3.8) is 0 Å². The third-order valence-corrected chi connectivity index (χ3v) is 4.61. The molecule has 1 amide bonds. The molecule has 3 rings (SSSR count). The zero-order chi connectivity index (χ0) is 21.9. The Kier molecular flexibility index (Phi) is 8.43. The summed E-state index contributed by atoms with van der Waals surface area (Å²) in [6.45, 7) is 3.27. The average Bonchev–Trinajstić information content (AvgIpc) is 2.79. The van der Waals surface area contributed by atoms with E-state index in [-0.39, 0.29) is 11.0 Å². The molecule has 0 atom stereocenters. The summed E-state index contributed by atoms with van der Waals surface area (Å²) in [5, 5.41) is 5.93. The van der Waals surface area contributed by atoms with Crippen molar-refractivity contribution in [3.05, 3.63) is 90.0 Å². The van der Waals surface area contributed by atoms with E-state index in [9.17, 15) is 4.79 Å². The van der Waals surface area contributed by atoms with E-state index >= 15 is 0 Å². The zero-order valence-electron chi connectivity index (χ0n) is 17.5. The number of benzene rings is 3. The topological polar surface area (TPSA) is 59.6 Å². The van der Waals surface area contributed by atoms with Gasteiger partial charge in [-0.05, 0) is 66.7 Å². The summed E-state index contributed by atoms with van der Waals surface area (Å²) in [7, 11) is 0. The molecule has 3 aromatic rings. The maximum atomic E-state index is 12.6. The lowest BCUT2D eigenvalue weighted by Crippen LogP contribution is -2.34. The minimum absolute atomic E-state index is 0.225. The Bertz CT molecular complexity index is 991. The van der Waals surface area contributed by atoms with Gasteiger partial charge in [0.25, 0.3) is 5.91 Å². The van der Waals surface area contributed by atoms with Crippen LogP contribution >= 0.6 is 12.2 Å². The van der Waals surface area contributed by atoms with Crippen LogP contribution in [0.3, 0.4) is 0 Å². The van der Waals surface area contributed by atoms with Crippen molar-refractivity contribution in [1.29, 1.82) is 0 Å². The fraction of sp³-hybridized carbons (Fsp3) is 0.200. The summed E-state index contributed by atoms with van der Waals surface area (Å²) in [4.78, 5) is 12.6. The fourth-order valence-electron chi connectivity index (χ4n) is 2.85. The predicted molar refractivity (Wildman–Crippen MR) is 128 cm³/mol. The van der Waals surface area contributed by atoms with Crippen molar-refractivity contribution in [2.45, 2.75) is 19.8 Å². The Labute approximate surface area is 188 Å². The summed E-state index contributed by atoms with van der Waals surface area (Å²) in [5.74, 6) is 1.14. The second-order valence-corrected chi connectivity index (χ2v) is 7.30. The van der Waals surface area contributed by atoms with E-state index in [0.29, 0.717) is 24.5 Å². The molecule has 160 valence electrons. The van der Waals surface area contributed by atoms with Gasteiger partial charge in [0, 0.05) is 17.7 Å². The fourth-order valence-corrected chi connectivity index (χ4v) is 3.06. The van der Waals surface area contributed by atoms with E-state index in [4.69, 9.17) is 21.7 Å². The molecule has 0 aliphatic rings. The van der Waals surface area contributed by atoms with Crippen LogP contribution in [0.15, 0.2) is 78.9 Å². The molecule has 31 heavy (non-hydrogen) atoms. The third kappa shape index (κ3) is 7.42. The Morgan fingerprint density at radius 1 is 0.871 bits per heavy atom. The van der Waals surface area contributed by atoms with Crippen LogP contribution in [0.1, 0.15) is 29.3 Å². The maximum Gasteiger partial charge on any atom is 0.257 e. The van der Waals surface area contributed by atoms with Crippen LogP contribution in [0.5, 0.6) is 11.5 Å². The number of amides is 1. The Hall–Kier alpha value is -3.38. The standard InChI is InChI=1S/C25H26N2O3S/c1-2-16-29-22-13-11-21(12-14-22)26-25(31)27-24(28)20-9-6-10-23(18-20)30-17-15-19-7-4-3-5-8-19/h3-14,18H,2,15-17H2,1H3,(H2,26,27,28,31). The highest BCUT2D eigenvalue weighted by atomic mass is 32.1. The van der Waals surface area contributed by atoms with Gasteiger partial charge in [-0.3, -0.25) is 10.1 Å². The number of thiocarbonyl (C=S) groups is 1. The SMILES string of the molecule is CCCOc1ccc(NC(=S)NC(=O)c2cccc(OCCc3ccccc3)c2)cc1. The highest BCUT2D eigenvalue weighted by Gasteiger charge is 2.09. The van der Waals surface area contributed by atoms with Gasteiger partial charge in [-0.25, -0.2) is 0 Å². The molecule has 0 unspecified atom stereocenters. The lowest BCUT2D eigenvalue weighted by atomic mass is 10.2. The molecule has 0 saturated heterocycles. The van der Waals surface area contributed by atoms with Crippen LogP contribution < -0.4 is 20.1 Å². The summed E-state index contributed by atoms with van der Waals surface area (Å²) < 4.78 is 11.4. The molecule has 0 aliphatic heterocycles. The zero-order valence-corrected chi connectivity index (χ0v) is 18.3. The van der Waals surface area contributed by atoms with Gasteiger partial charge in [-0.15, -0.1) is 0 Å². The molecule has 0 fully saturated rings. The van der Waals surface area contributed by atoms with Gasteiger partial charge in [-0.2, -0.15) is 0 Å². The van der Waals surface area contributed by atoms with E-state index in [0.717, 1.165) is 24.3 Å². The second kappa shape index (κ2) is 11.7. The quantitative estimate of drug-likeness (QED) is 0.452. The van der Waals surface area contributed by atoms with E-state index in [1.807, 2.05) is 48.5 Å². The number of ether oxygens (including phenoxy) is 2. The van der Waals surface area contributed by atoms with Crippen molar-refractivity contribution < 1.29 is 14.3 Å². The van der Waals surface area contributed by atoms with Crippen LogP contribution in [-0.2, 0) is 6.42 Å². The summed E-state index contributed by atoms with van der Waals surface area (Å²) in [5.41, 5.74) is 2.45. The lowest BCUT2D eigenvalue weighted by molar-refractivity contribution is 0.0977. The number of carbonyl (C=O) groups is 1. The van der Waals surface area contributed by atoms with Gasteiger partial charge in [-0.1, -0.05) is 43.3 Å². The molecule has 0 radical (unpaired) electrons. The van der Waals surface area contributed by atoms with Gasteiger partial charge < -0.3 is 14.8 Å². The second-order valence-electron chi connectivity index (χ2n) is 6.89. The van der Waals surface area contributed by atoms with Crippen molar-refractivity contribution in [1.82, 2.24) is 5.32 Å². The number of rotatable bonds is 9. The van der Waals surface area contributed by atoms with Gasteiger partial charge in [0.1, 0.15) is 11.5 Å². The molecule has 3 aromatic carbocycles. The largest absolute Gasteiger partial charge is 0.494 e. The summed E-state index contributed by atoms with van der Waals surface area (Å²) >= 11 is 5.27. The first kappa shape index (κ1) is 22.3. The van der Waals surface area contributed by atoms with E-state index in [1.165, 1.54) is 5.56 Å². The summed E-state index contributed by atoms with van der Waals surface area (Å²) in [6.07, 6.45) is 1.75. The molecule has 2 N–H and O–H groups in total. The molecule has 0 saturated carbocycles. The maximum absolute atomic E-state index is 12.6. The van der Waals surface area contributed by atoms with Crippen molar-refractivity contribution in [2.75, 3.05) is 18.5 Å². The molecule has 0 spiro atoms. The first-order valence-corrected chi connectivity index (χ1v) is 10.7. The number of carbonyl (C=O) groups excluding carboxylic acids is 1. The van der Waals surface area contributed by atoms with E-state index in [2.05, 4.69) is 29.7 Å². The van der Waals surface area contributed by atoms with Crippen LogP contribution in [0.25, 0.3) is 0 Å². The van der Waals surface area contributed by atoms with Gasteiger partial charge in [0.2, 0.25) is 0 Å². The number of hydrogen-bond acceptors (Lipinski definition) is 4. The molecule has 0 aliphatic carbocycles. The molecular formula is C25H26N2O3S. The highest BCUT2D eigenvalue weighted by Crippen LogP contribution is 2.16. The van der Waals surface area contributed by atoms with E-state index in [1.54, 1.807) is 18.2 Å². The molecule has 0 bridgehead atoms. The van der Waals surface area contributed by atoms with E-state index < -0.39 is 0 Å². The number of nitrogens with one attached hydrogen (secondary N) is 2.